The van der Waals surface area contributed by atoms with Crippen LogP contribution in [0.5, 0.6) is 0 Å². The molecule has 7 heteroatoms. The lowest BCUT2D eigenvalue weighted by Gasteiger charge is -2.18. The molecule has 0 radical (unpaired) electrons. The van der Waals surface area contributed by atoms with Gasteiger partial charge in [-0.25, -0.2) is 0 Å². The summed E-state index contributed by atoms with van der Waals surface area (Å²) in [7, 11) is 0. The SMILES string of the molecule is Cc1cc(C)cc(N2C[C@H](C(=O)OCC(=O)Nc3cc(C)c(Br)cc3C)CC2=O)c1. The minimum atomic E-state index is -0.581. The van der Waals surface area contributed by atoms with Gasteiger partial charge in [0.05, 0.1) is 5.92 Å². The molecule has 0 saturated carbocycles. The van der Waals surface area contributed by atoms with Crippen molar-refractivity contribution in [1.82, 2.24) is 0 Å². The van der Waals surface area contributed by atoms with Crippen LogP contribution in [0.2, 0.25) is 0 Å². The maximum atomic E-state index is 12.4. The van der Waals surface area contributed by atoms with E-state index >= 15 is 0 Å². The Labute approximate surface area is 184 Å². The molecule has 2 aromatic carbocycles. The number of ether oxygens (including phenoxy) is 1. The third kappa shape index (κ3) is 5.08. The Kier molecular flexibility index (Phi) is 6.61. The van der Waals surface area contributed by atoms with Crippen LogP contribution in [-0.2, 0) is 19.1 Å². The van der Waals surface area contributed by atoms with E-state index in [4.69, 9.17) is 4.74 Å². The zero-order chi connectivity index (χ0) is 22.0. The Bertz CT molecular complexity index is 998. The molecule has 6 nitrogen and oxygen atoms in total. The summed E-state index contributed by atoms with van der Waals surface area (Å²) in [5.74, 6) is -1.65. The molecule has 1 saturated heterocycles. The Morgan fingerprint density at radius 3 is 2.40 bits per heavy atom. The zero-order valence-corrected chi connectivity index (χ0v) is 19.1. The van der Waals surface area contributed by atoms with E-state index in [0.717, 1.165) is 32.4 Å². The highest BCUT2D eigenvalue weighted by molar-refractivity contribution is 9.10. The van der Waals surface area contributed by atoms with Crippen molar-refractivity contribution in [1.29, 1.82) is 0 Å². The number of anilines is 2. The summed E-state index contributed by atoms with van der Waals surface area (Å²) in [5, 5.41) is 2.77. The van der Waals surface area contributed by atoms with Gasteiger partial charge in [-0.15, -0.1) is 0 Å². The van der Waals surface area contributed by atoms with Crippen molar-refractivity contribution >= 4 is 45.1 Å². The minimum Gasteiger partial charge on any atom is -0.455 e. The van der Waals surface area contributed by atoms with E-state index in [9.17, 15) is 14.4 Å². The molecule has 1 atom stereocenters. The first-order chi connectivity index (χ1) is 14.1. The van der Waals surface area contributed by atoms with Crippen LogP contribution in [-0.4, -0.2) is 30.9 Å². The van der Waals surface area contributed by atoms with Gasteiger partial charge in [0.1, 0.15) is 0 Å². The van der Waals surface area contributed by atoms with Gasteiger partial charge >= 0.3 is 5.97 Å². The maximum absolute atomic E-state index is 12.4. The second-order valence-electron chi connectivity index (χ2n) is 7.82. The number of hydrogen-bond acceptors (Lipinski definition) is 4. The second-order valence-corrected chi connectivity index (χ2v) is 8.68. The van der Waals surface area contributed by atoms with E-state index in [1.54, 1.807) is 4.90 Å². The summed E-state index contributed by atoms with van der Waals surface area (Å²) in [6.07, 6.45) is 0.0818. The molecule has 2 aromatic rings. The monoisotopic (exact) mass is 472 g/mol. The average molecular weight is 473 g/mol. The summed E-state index contributed by atoms with van der Waals surface area (Å²) >= 11 is 3.45. The first kappa shape index (κ1) is 22.0. The second kappa shape index (κ2) is 9.00. The quantitative estimate of drug-likeness (QED) is 0.660. The van der Waals surface area contributed by atoms with Gasteiger partial charge in [-0.2, -0.15) is 0 Å². The molecule has 1 heterocycles. The molecule has 1 aliphatic heterocycles. The molecule has 1 aliphatic rings. The van der Waals surface area contributed by atoms with Crippen molar-refractivity contribution < 1.29 is 19.1 Å². The number of halogens is 1. The molecule has 2 amide bonds. The lowest BCUT2D eigenvalue weighted by Crippen LogP contribution is -2.28. The number of nitrogens with zero attached hydrogens (tertiary/aromatic N) is 1. The van der Waals surface area contributed by atoms with Gasteiger partial charge < -0.3 is 15.0 Å². The standard InChI is InChI=1S/C23H25BrN2O4/c1-13-5-14(2)7-18(6-13)26-11-17(10-22(26)28)23(29)30-12-21(27)25-20-9-15(3)19(24)8-16(20)4/h5-9,17H,10-12H2,1-4H3,(H,25,27)/t17-/m1/s1. The van der Waals surface area contributed by atoms with Crippen LogP contribution in [0.1, 0.15) is 28.7 Å². The number of carbonyl (C=O) groups is 3. The van der Waals surface area contributed by atoms with E-state index in [1.165, 1.54) is 0 Å². The summed E-state index contributed by atoms with van der Waals surface area (Å²) in [6.45, 7) is 7.62. The van der Waals surface area contributed by atoms with Gasteiger partial charge in [-0.3, -0.25) is 14.4 Å². The molecule has 3 rings (SSSR count). The van der Waals surface area contributed by atoms with Crippen molar-refractivity contribution in [2.45, 2.75) is 34.1 Å². The minimum absolute atomic E-state index is 0.0818. The van der Waals surface area contributed by atoms with Crippen molar-refractivity contribution in [3.63, 3.8) is 0 Å². The van der Waals surface area contributed by atoms with Crippen LogP contribution >= 0.6 is 15.9 Å². The van der Waals surface area contributed by atoms with E-state index < -0.39 is 17.8 Å². The van der Waals surface area contributed by atoms with Gasteiger partial charge in [0, 0.05) is 28.8 Å². The van der Waals surface area contributed by atoms with E-state index in [1.807, 2.05) is 58.0 Å². The number of benzene rings is 2. The van der Waals surface area contributed by atoms with Gasteiger partial charge in [0.15, 0.2) is 6.61 Å². The normalized spacial score (nSPS) is 16.0. The van der Waals surface area contributed by atoms with Gasteiger partial charge in [0.2, 0.25) is 5.91 Å². The zero-order valence-electron chi connectivity index (χ0n) is 17.5. The summed E-state index contributed by atoms with van der Waals surface area (Å²) in [6, 6.07) is 9.66. The van der Waals surface area contributed by atoms with Gasteiger partial charge in [-0.1, -0.05) is 22.0 Å². The third-order valence-corrected chi connectivity index (χ3v) is 5.96. The van der Waals surface area contributed by atoms with Crippen LogP contribution in [0.15, 0.2) is 34.8 Å². The first-order valence-electron chi connectivity index (χ1n) is 9.76. The lowest BCUT2D eigenvalue weighted by molar-refractivity contribution is -0.151. The Hall–Kier alpha value is -2.67. The van der Waals surface area contributed by atoms with E-state index in [-0.39, 0.29) is 25.5 Å². The number of aryl methyl sites for hydroxylation is 4. The van der Waals surface area contributed by atoms with Crippen molar-refractivity contribution in [3.8, 4) is 0 Å². The topological polar surface area (TPSA) is 75.7 Å². The van der Waals surface area contributed by atoms with Gasteiger partial charge in [-0.05, 0) is 74.2 Å². The smallest absolute Gasteiger partial charge is 0.311 e. The molecular weight excluding hydrogens is 448 g/mol. The number of esters is 1. The van der Waals surface area contributed by atoms with Crippen LogP contribution in [0.3, 0.4) is 0 Å². The van der Waals surface area contributed by atoms with Crippen LogP contribution in [0, 0.1) is 33.6 Å². The highest BCUT2D eigenvalue weighted by Gasteiger charge is 2.36. The molecule has 0 spiro atoms. The highest BCUT2D eigenvalue weighted by atomic mass is 79.9. The molecule has 0 aliphatic carbocycles. The maximum Gasteiger partial charge on any atom is 0.311 e. The van der Waals surface area contributed by atoms with Crippen molar-refractivity contribution in [2.24, 2.45) is 5.92 Å². The van der Waals surface area contributed by atoms with Crippen LogP contribution in [0.4, 0.5) is 11.4 Å². The summed E-state index contributed by atoms with van der Waals surface area (Å²) < 4.78 is 6.16. The molecule has 158 valence electrons. The fourth-order valence-electron chi connectivity index (χ4n) is 3.58. The number of rotatable bonds is 5. The summed E-state index contributed by atoms with van der Waals surface area (Å²) in [5.41, 5.74) is 5.46. The average Bonchev–Trinajstić information content (AvgIpc) is 3.05. The van der Waals surface area contributed by atoms with Crippen LogP contribution in [0.25, 0.3) is 0 Å². The lowest BCUT2D eigenvalue weighted by atomic mass is 10.1. The number of nitrogens with one attached hydrogen (secondary N) is 1. The molecule has 1 N–H and O–H groups in total. The Morgan fingerprint density at radius 2 is 1.73 bits per heavy atom. The van der Waals surface area contributed by atoms with Crippen molar-refractivity contribution in [2.75, 3.05) is 23.4 Å². The Balaban J connectivity index is 1.57. The molecular formula is C23H25BrN2O4. The summed E-state index contributed by atoms with van der Waals surface area (Å²) in [4.78, 5) is 38.7. The van der Waals surface area contributed by atoms with Crippen molar-refractivity contribution in [3.05, 3.63) is 57.1 Å². The van der Waals surface area contributed by atoms with E-state index in [2.05, 4.69) is 21.2 Å². The number of amides is 2. The fraction of sp³-hybridized carbons (Fsp3) is 0.348. The third-order valence-electron chi connectivity index (χ3n) is 5.10. The largest absolute Gasteiger partial charge is 0.455 e. The molecule has 1 fully saturated rings. The predicted molar refractivity (Wildman–Crippen MR) is 120 cm³/mol. The Morgan fingerprint density at radius 1 is 1.07 bits per heavy atom. The highest BCUT2D eigenvalue weighted by Crippen LogP contribution is 2.28. The molecule has 0 aromatic heterocycles. The number of carbonyl (C=O) groups excluding carboxylic acids is 3. The number of hydrogen-bond donors (Lipinski definition) is 1. The molecule has 30 heavy (non-hydrogen) atoms. The predicted octanol–water partition coefficient (Wildman–Crippen LogP) is 4.22. The van der Waals surface area contributed by atoms with Crippen LogP contribution < -0.4 is 10.2 Å². The van der Waals surface area contributed by atoms with E-state index in [0.29, 0.717) is 5.69 Å². The van der Waals surface area contributed by atoms with Gasteiger partial charge in [0.25, 0.3) is 5.91 Å². The fourth-order valence-corrected chi connectivity index (χ4v) is 4.04. The molecule has 0 bridgehead atoms. The molecule has 0 unspecified atom stereocenters. The first-order valence-corrected chi connectivity index (χ1v) is 10.5.